The topological polar surface area (TPSA) is 88.9 Å². The Kier molecular flexibility index (Phi) is 6.04. The van der Waals surface area contributed by atoms with E-state index in [2.05, 4.69) is 38.8 Å². The van der Waals surface area contributed by atoms with Crippen LogP contribution in [-0.2, 0) is 24.3 Å². The minimum atomic E-state index is -0.579. The number of hydrogen-bond donors (Lipinski definition) is 2. The van der Waals surface area contributed by atoms with Gasteiger partial charge in [-0.1, -0.05) is 40.9 Å². The molecule has 0 unspecified atom stereocenters. The molecule has 7 nitrogen and oxygen atoms in total. The number of benzene rings is 1. The molecule has 0 saturated heterocycles. The van der Waals surface area contributed by atoms with Crippen LogP contribution < -0.4 is 16.2 Å². The number of aromatic nitrogens is 3. The minimum absolute atomic E-state index is 0.214. The van der Waals surface area contributed by atoms with Crippen LogP contribution in [0.1, 0.15) is 40.5 Å². The molecule has 3 aromatic rings. The molecule has 1 aromatic carbocycles. The monoisotopic (exact) mass is 437 g/mol. The van der Waals surface area contributed by atoms with E-state index in [0.717, 1.165) is 11.1 Å². The second-order valence-corrected chi connectivity index (χ2v) is 8.33. The Bertz CT molecular complexity index is 1170. The van der Waals surface area contributed by atoms with Gasteiger partial charge in [-0.15, -0.1) is 0 Å². The fraction of sp³-hybridized carbons (Fsp3) is 0.304. The molecule has 0 bridgehead atoms. The summed E-state index contributed by atoms with van der Waals surface area (Å²) in [5, 5.41) is 6.58. The molecular formula is C23H24ClN5O2. The zero-order valence-corrected chi connectivity index (χ0v) is 18.2. The summed E-state index contributed by atoms with van der Waals surface area (Å²) in [4.78, 5) is 34.4. The highest BCUT2D eigenvalue weighted by molar-refractivity contribution is 6.30. The van der Waals surface area contributed by atoms with Gasteiger partial charge >= 0.3 is 0 Å². The van der Waals surface area contributed by atoms with Gasteiger partial charge in [-0.2, -0.15) is 0 Å². The molecule has 1 aliphatic heterocycles. The van der Waals surface area contributed by atoms with Gasteiger partial charge in [-0.05, 0) is 37.5 Å². The van der Waals surface area contributed by atoms with Gasteiger partial charge < -0.3 is 10.6 Å². The number of anilines is 1. The van der Waals surface area contributed by atoms with Crippen molar-refractivity contribution in [2.24, 2.45) is 0 Å². The van der Waals surface area contributed by atoms with Crippen molar-refractivity contribution in [2.75, 3.05) is 5.32 Å². The van der Waals surface area contributed by atoms with Crippen molar-refractivity contribution in [3.8, 4) is 0 Å². The van der Waals surface area contributed by atoms with Crippen molar-refractivity contribution >= 4 is 23.2 Å². The maximum atomic E-state index is 13.1. The molecule has 0 aliphatic carbocycles. The number of carbonyl (C=O) groups is 1. The smallest absolute Gasteiger partial charge is 0.277 e. The maximum Gasteiger partial charge on any atom is 0.277 e. The van der Waals surface area contributed by atoms with E-state index in [0.29, 0.717) is 42.5 Å². The van der Waals surface area contributed by atoms with Crippen molar-refractivity contribution in [3.63, 3.8) is 0 Å². The lowest BCUT2D eigenvalue weighted by atomic mass is 10.1. The van der Waals surface area contributed by atoms with E-state index in [1.54, 1.807) is 18.5 Å². The maximum absolute atomic E-state index is 13.1. The molecular weight excluding hydrogens is 414 g/mol. The number of carbonyl (C=O) groups excluding carboxylic acids is 1. The normalized spacial score (nSPS) is 14.9. The molecule has 1 aliphatic rings. The molecule has 0 radical (unpaired) electrons. The van der Waals surface area contributed by atoms with Crippen LogP contribution in [0.2, 0.25) is 5.02 Å². The van der Waals surface area contributed by atoms with Crippen molar-refractivity contribution in [3.05, 3.63) is 86.3 Å². The number of pyridine rings is 1. The number of fused-ring (bicyclic) bond motifs is 1. The largest absolute Gasteiger partial charge is 0.375 e. The van der Waals surface area contributed by atoms with Crippen molar-refractivity contribution in [1.29, 1.82) is 0 Å². The van der Waals surface area contributed by atoms with E-state index in [-0.39, 0.29) is 11.5 Å². The highest BCUT2D eigenvalue weighted by atomic mass is 35.5. The SMILES string of the molecule is Cc1cc(C)cc(CNc2cnc3n(c2=O)[C@H](C(=O)NCc2cncc(Cl)c2)CC3)c1. The van der Waals surface area contributed by atoms with Gasteiger partial charge in [0.25, 0.3) is 5.56 Å². The Balaban J connectivity index is 1.48. The van der Waals surface area contributed by atoms with E-state index >= 15 is 0 Å². The average molecular weight is 438 g/mol. The number of nitrogens with one attached hydrogen (secondary N) is 2. The van der Waals surface area contributed by atoms with Gasteiger partial charge in [0.05, 0.1) is 11.2 Å². The molecule has 4 rings (SSSR count). The summed E-state index contributed by atoms with van der Waals surface area (Å²) in [5.74, 6) is 0.417. The van der Waals surface area contributed by atoms with E-state index in [9.17, 15) is 9.59 Å². The lowest BCUT2D eigenvalue weighted by molar-refractivity contribution is -0.124. The van der Waals surface area contributed by atoms with Crippen LogP contribution in [0.15, 0.2) is 47.7 Å². The van der Waals surface area contributed by atoms with E-state index in [4.69, 9.17) is 11.6 Å². The Labute approximate surface area is 185 Å². The number of rotatable bonds is 6. The fourth-order valence-corrected chi connectivity index (χ4v) is 4.20. The summed E-state index contributed by atoms with van der Waals surface area (Å²) < 4.78 is 1.51. The third-order valence-electron chi connectivity index (χ3n) is 5.32. The van der Waals surface area contributed by atoms with Gasteiger partial charge in [0.15, 0.2) is 0 Å². The second-order valence-electron chi connectivity index (χ2n) is 7.90. The summed E-state index contributed by atoms with van der Waals surface area (Å²) in [6.07, 6.45) is 5.88. The summed E-state index contributed by atoms with van der Waals surface area (Å²) >= 11 is 5.95. The van der Waals surface area contributed by atoms with Gasteiger partial charge in [0.2, 0.25) is 5.91 Å². The zero-order valence-electron chi connectivity index (χ0n) is 17.5. The molecule has 2 aromatic heterocycles. The number of halogens is 1. The Morgan fingerprint density at radius 1 is 1.10 bits per heavy atom. The van der Waals surface area contributed by atoms with Gasteiger partial charge in [0, 0.05) is 31.9 Å². The van der Waals surface area contributed by atoms with Crippen molar-refractivity contribution in [1.82, 2.24) is 19.9 Å². The molecule has 31 heavy (non-hydrogen) atoms. The zero-order chi connectivity index (χ0) is 22.0. The van der Waals surface area contributed by atoms with Crippen molar-refractivity contribution < 1.29 is 4.79 Å². The van der Waals surface area contributed by atoms with Crippen LogP contribution in [0.5, 0.6) is 0 Å². The standard InChI is InChI=1S/C23H24ClN5O2/c1-14-5-15(2)7-16(6-14)10-26-19-13-27-21-4-3-20(29(21)23(19)31)22(30)28-11-17-8-18(24)12-25-9-17/h5-9,12-13,20,26H,3-4,10-11H2,1-2H3,(H,28,30)/t20-/m0/s1. The van der Waals surface area contributed by atoms with Crippen LogP contribution in [-0.4, -0.2) is 20.4 Å². The summed E-state index contributed by atoms with van der Waals surface area (Å²) in [6.45, 7) is 4.90. The van der Waals surface area contributed by atoms with Crippen LogP contribution in [0.4, 0.5) is 5.69 Å². The predicted octanol–water partition coefficient (Wildman–Crippen LogP) is 3.32. The van der Waals surface area contributed by atoms with Crippen molar-refractivity contribution in [2.45, 2.75) is 45.8 Å². The first kappa shape index (κ1) is 21.1. The first-order valence-corrected chi connectivity index (χ1v) is 10.6. The Morgan fingerprint density at radius 2 is 1.87 bits per heavy atom. The molecule has 0 spiro atoms. The van der Waals surface area contributed by atoms with E-state index in [1.807, 2.05) is 13.8 Å². The van der Waals surface area contributed by atoms with E-state index in [1.165, 1.54) is 21.9 Å². The number of hydrogen-bond acceptors (Lipinski definition) is 5. The highest BCUT2D eigenvalue weighted by Crippen LogP contribution is 2.23. The second kappa shape index (κ2) is 8.89. The number of aryl methyl sites for hydroxylation is 3. The predicted molar refractivity (Wildman–Crippen MR) is 120 cm³/mol. The van der Waals surface area contributed by atoms with Gasteiger partial charge in [-0.3, -0.25) is 19.1 Å². The quantitative estimate of drug-likeness (QED) is 0.617. The molecule has 2 N–H and O–H groups in total. The van der Waals surface area contributed by atoms with Gasteiger partial charge in [-0.25, -0.2) is 4.98 Å². The lowest BCUT2D eigenvalue weighted by Crippen LogP contribution is -2.36. The molecule has 160 valence electrons. The Hall–Kier alpha value is -3.19. The molecule has 0 fully saturated rings. The third kappa shape index (κ3) is 4.77. The minimum Gasteiger partial charge on any atom is -0.375 e. The van der Waals surface area contributed by atoms with Crippen LogP contribution in [0.3, 0.4) is 0 Å². The molecule has 0 saturated carbocycles. The summed E-state index contributed by atoms with van der Waals surface area (Å²) in [6, 6.07) is 7.45. The van der Waals surface area contributed by atoms with Gasteiger partial charge in [0.1, 0.15) is 17.6 Å². The molecule has 1 atom stereocenters. The fourth-order valence-electron chi connectivity index (χ4n) is 4.00. The Morgan fingerprint density at radius 3 is 2.61 bits per heavy atom. The summed E-state index contributed by atoms with van der Waals surface area (Å²) in [7, 11) is 0. The van der Waals surface area contributed by atoms with Crippen LogP contribution >= 0.6 is 11.6 Å². The molecule has 1 amide bonds. The van der Waals surface area contributed by atoms with Crippen LogP contribution in [0.25, 0.3) is 0 Å². The highest BCUT2D eigenvalue weighted by Gasteiger charge is 2.30. The van der Waals surface area contributed by atoms with E-state index < -0.39 is 6.04 Å². The first-order valence-electron chi connectivity index (χ1n) is 10.2. The molecule has 8 heteroatoms. The number of nitrogens with zero attached hydrogens (tertiary/aromatic N) is 3. The number of amides is 1. The first-order chi connectivity index (χ1) is 14.9. The average Bonchev–Trinajstić information content (AvgIpc) is 3.16. The lowest BCUT2D eigenvalue weighted by Gasteiger charge is -2.16. The van der Waals surface area contributed by atoms with Crippen LogP contribution in [0, 0.1) is 13.8 Å². The molecule has 3 heterocycles. The summed E-state index contributed by atoms with van der Waals surface area (Å²) in [5.41, 5.74) is 4.40. The third-order valence-corrected chi connectivity index (χ3v) is 5.53.